The van der Waals surface area contributed by atoms with Crippen LogP contribution in [0.15, 0.2) is 24.3 Å². The molecule has 0 unspecified atom stereocenters. The molecule has 160 valence electrons. The van der Waals surface area contributed by atoms with Crippen LogP contribution in [0.1, 0.15) is 50.5 Å². The quantitative estimate of drug-likeness (QED) is 0.732. The first-order valence-corrected chi connectivity index (χ1v) is 11.3. The first kappa shape index (κ1) is 19.6. The molecule has 1 aromatic carbocycles. The van der Waals surface area contributed by atoms with E-state index in [9.17, 15) is 14.4 Å². The van der Waals surface area contributed by atoms with Crippen LogP contribution in [-0.2, 0) is 25.5 Å². The van der Waals surface area contributed by atoms with Gasteiger partial charge in [-0.2, -0.15) is 0 Å². The average Bonchev–Trinajstić information content (AvgIpc) is 3.13. The molecule has 2 amide bonds. The van der Waals surface area contributed by atoms with Gasteiger partial charge in [0.05, 0.1) is 0 Å². The summed E-state index contributed by atoms with van der Waals surface area (Å²) in [6.07, 6.45) is 8.89. The van der Waals surface area contributed by atoms with Crippen LogP contribution >= 0.6 is 0 Å². The molecule has 1 N–H and O–H groups in total. The molecule has 1 aromatic rings. The maximum absolute atomic E-state index is 12.5. The van der Waals surface area contributed by atoms with Crippen molar-refractivity contribution in [3.63, 3.8) is 0 Å². The molecule has 4 saturated carbocycles. The third-order valence-electron chi connectivity index (χ3n) is 7.68. The Morgan fingerprint density at radius 3 is 2.40 bits per heavy atom. The summed E-state index contributed by atoms with van der Waals surface area (Å²) in [6, 6.07) is 7.77. The van der Waals surface area contributed by atoms with Crippen molar-refractivity contribution in [2.24, 2.45) is 23.2 Å². The second kappa shape index (κ2) is 7.71. The highest BCUT2D eigenvalue weighted by atomic mass is 16.5. The molecule has 5 aliphatic rings. The molecule has 4 bridgehead atoms. The summed E-state index contributed by atoms with van der Waals surface area (Å²) in [5, 5.41) is 2.73. The Morgan fingerprint density at radius 1 is 1.03 bits per heavy atom. The lowest BCUT2D eigenvalue weighted by atomic mass is 9.49. The van der Waals surface area contributed by atoms with Crippen LogP contribution in [0.2, 0.25) is 0 Å². The van der Waals surface area contributed by atoms with Crippen molar-refractivity contribution >= 4 is 23.5 Å². The number of ether oxygens (including phenoxy) is 1. The Morgan fingerprint density at radius 2 is 1.70 bits per heavy atom. The monoisotopic (exact) mass is 410 g/mol. The van der Waals surface area contributed by atoms with Gasteiger partial charge in [0.1, 0.15) is 6.54 Å². The fourth-order valence-electron chi connectivity index (χ4n) is 6.95. The van der Waals surface area contributed by atoms with E-state index in [1.807, 2.05) is 24.3 Å². The number of fused-ring (bicyclic) bond motifs is 1. The molecular weight excluding hydrogens is 380 g/mol. The third-order valence-corrected chi connectivity index (χ3v) is 7.68. The highest BCUT2D eigenvalue weighted by Crippen LogP contribution is 2.61. The topological polar surface area (TPSA) is 75.7 Å². The van der Waals surface area contributed by atoms with E-state index in [1.54, 1.807) is 4.90 Å². The summed E-state index contributed by atoms with van der Waals surface area (Å²) in [5.41, 5.74) is 2.18. The fourth-order valence-corrected chi connectivity index (χ4v) is 6.95. The first-order chi connectivity index (χ1) is 14.5. The molecule has 0 radical (unpaired) electrons. The molecule has 0 aromatic heterocycles. The van der Waals surface area contributed by atoms with Gasteiger partial charge in [0.25, 0.3) is 5.91 Å². The Hall–Kier alpha value is -2.37. The zero-order valence-corrected chi connectivity index (χ0v) is 17.4. The molecular formula is C24H30N2O4. The minimum atomic E-state index is -0.560. The average molecular weight is 411 g/mol. The SMILES string of the molecule is O=C(CC12CC3CC(CC(C3)C1)C2)NCC(=O)OCC(=O)N1CCc2ccccc21. The van der Waals surface area contributed by atoms with Crippen LogP contribution in [0.3, 0.4) is 0 Å². The predicted octanol–water partition coefficient (Wildman–Crippen LogP) is 2.84. The molecule has 6 heteroatoms. The van der Waals surface area contributed by atoms with Gasteiger partial charge in [-0.1, -0.05) is 18.2 Å². The Labute approximate surface area is 177 Å². The van der Waals surface area contributed by atoms with Gasteiger partial charge in [-0.3, -0.25) is 14.4 Å². The van der Waals surface area contributed by atoms with E-state index in [1.165, 1.54) is 38.5 Å². The highest BCUT2D eigenvalue weighted by molar-refractivity contribution is 5.97. The van der Waals surface area contributed by atoms with Gasteiger partial charge in [0.2, 0.25) is 5.91 Å². The van der Waals surface area contributed by atoms with Crippen molar-refractivity contribution < 1.29 is 19.1 Å². The van der Waals surface area contributed by atoms with Crippen molar-refractivity contribution in [1.29, 1.82) is 0 Å². The van der Waals surface area contributed by atoms with E-state index in [0.717, 1.165) is 35.4 Å². The van der Waals surface area contributed by atoms with Crippen LogP contribution in [0.5, 0.6) is 0 Å². The molecule has 0 atom stereocenters. The van der Waals surface area contributed by atoms with Gasteiger partial charge in [0, 0.05) is 18.7 Å². The number of anilines is 1. The number of nitrogens with one attached hydrogen (secondary N) is 1. The van der Waals surface area contributed by atoms with Gasteiger partial charge < -0.3 is 15.0 Å². The van der Waals surface area contributed by atoms with Gasteiger partial charge in [-0.25, -0.2) is 0 Å². The van der Waals surface area contributed by atoms with E-state index in [2.05, 4.69) is 5.32 Å². The lowest BCUT2D eigenvalue weighted by Crippen LogP contribution is -2.48. The fraction of sp³-hybridized carbons (Fsp3) is 0.625. The molecule has 4 fully saturated rings. The number of amides is 2. The number of esters is 1. The normalized spacial score (nSPS) is 30.8. The molecule has 1 heterocycles. The van der Waals surface area contributed by atoms with Gasteiger partial charge in [0.15, 0.2) is 6.61 Å². The summed E-state index contributed by atoms with van der Waals surface area (Å²) >= 11 is 0. The zero-order valence-electron chi connectivity index (χ0n) is 17.4. The number of hydrogen-bond acceptors (Lipinski definition) is 4. The summed E-state index contributed by atoms with van der Waals surface area (Å²) in [5.74, 6) is 1.55. The van der Waals surface area contributed by atoms with Crippen LogP contribution in [0.4, 0.5) is 5.69 Å². The third kappa shape index (κ3) is 3.84. The van der Waals surface area contributed by atoms with Crippen molar-refractivity contribution in [2.45, 2.75) is 51.4 Å². The standard InChI is InChI=1S/C24H30N2O4/c27-21(13-24-10-16-7-17(11-24)9-18(8-16)12-24)25-14-23(29)30-15-22(28)26-6-5-19-3-1-2-4-20(19)26/h1-4,16-18H,5-15H2,(H,25,27). The molecule has 1 aliphatic heterocycles. The predicted molar refractivity (Wildman–Crippen MR) is 112 cm³/mol. The Kier molecular flexibility index (Phi) is 5.03. The lowest BCUT2D eigenvalue weighted by Gasteiger charge is -2.56. The molecule has 6 rings (SSSR count). The van der Waals surface area contributed by atoms with Crippen molar-refractivity contribution in [3.8, 4) is 0 Å². The summed E-state index contributed by atoms with van der Waals surface area (Å²) in [4.78, 5) is 38.7. The molecule has 6 nitrogen and oxygen atoms in total. The van der Waals surface area contributed by atoms with Crippen LogP contribution < -0.4 is 10.2 Å². The number of para-hydroxylation sites is 1. The summed E-state index contributed by atoms with van der Waals surface area (Å²) < 4.78 is 5.13. The number of benzene rings is 1. The van der Waals surface area contributed by atoms with Crippen molar-refractivity contribution in [1.82, 2.24) is 5.32 Å². The van der Waals surface area contributed by atoms with Gasteiger partial charge >= 0.3 is 5.97 Å². The highest BCUT2D eigenvalue weighted by Gasteiger charge is 2.51. The van der Waals surface area contributed by atoms with Crippen molar-refractivity contribution in [2.75, 3.05) is 24.6 Å². The molecule has 4 aliphatic carbocycles. The summed E-state index contributed by atoms with van der Waals surface area (Å²) in [7, 11) is 0. The number of carbonyl (C=O) groups is 3. The van der Waals surface area contributed by atoms with Crippen LogP contribution in [-0.4, -0.2) is 37.5 Å². The molecule has 30 heavy (non-hydrogen) atoms. The Bertz CT molecular complexity index is 829. The van der Waals surface area contributed by atoms with E-state index < -0.39 is 5.97 Å². The first-order valence-electron chi connectivity index (χ1n) is 11.3. The smallest absolute Gasteiger partial charge is 0.325 e. The van der Waals surface area contributed by atoms with Gasteiger partial charge in [-0.15, -0.1) is 0 Å². The van der Waals surface area contributed by atoms with Crippen molar-refractivity contribution in [3.05, 3.63) is 29.8 Å². The lowest BCUT2D eigenvalue weighted by molar-refractivity contribution is -0.148. The van der Waals surface area contributed by atoms with Crippen LogP contribution in [0, 0.1) is 23.2 Å². The van der Waals surface area contributed by atoms with E-state index in [-0.39, 0.29) is 30.4 Å². The second-order valence-corrected chi connectivity index (χ2v) is 9.96. The minimum Gasteiger partial charge on any atom is -0.454 e. The van der Waals surface area contributed by atoms with Crippen LogP contribution in [0.25, 0.3) is 0 Å². The van der Waals surface area contributed by atoms with Gasteiger partial charge in [-0.05, 0) is 79.7 Å². The zero-order chi connectivity index (χ0) is 20.7. The van der Waals surface area contributed by atoms with E-state index in [0.29, 0.717) is 13.0 Å². The largest absolute Gasteiger partial charge is 0.454 e. The molecule has 0 saturated heterocycles. The number of hydrogen-bond donors (Lipinski definition) is 1. The number of rotatable bonds is 6. The maximum Gasteiger partial charge on any atom is 0.325 e. The number of carbonyl (C=O) groups excluding carboxylic acids is 3. The second-order valence-electron chi connectivity index (χ2n) is 9.96. The summed E-state index contributed by atoms with van der Waals surface area (Å²) in [6.45, 7) is 0.143. The molecule has 0 spiro atoms. The van der Waals surface area contributed by atoms with E-state index >= 15 is 0 Å². The number of nitrogens with zero attached hydrogens (tertiary/aromatic N) is 1. The minimum absolute atomic E-state index is 0.0614. The van der Waals surface area contributed by atoms with E-state index in [4.69, 9.17) is 4.74 Å². The Balaban J connectivity index is 1.06. The maximum atomic E-state index is 12.5.